The van der Waals surface area contributed by atoms with E-state index in [0.29, 0.717) is 18.9 Å². The van der Waals surface area contributed by atoms with Gasteiger partial charge in [-0.3, -0.25) is 9.59 Å². The van der Waals surface area contributed by atoms with Gasteiger partial charge in [-0.2, -0.15) is 0 Å². The van der Waals surface area contributed by atoms with Crippen molar-refractivity contribution in [1.29, 1.82) is 0 Å². The van der Waals surface area contributed by atoms with Crippen LogP contribution in [-0.2, 0) is 22.4 Å². The maximum Gasteiger partial charge on any atom is 0.309 e. The summed E-state index contributed by atoms with van der Waals surface area (Å²) in [6.45, 7) is 0.430. The molecule has 0 atom stereocenters. The molecule has 15 heavy (non-hydrogen) atoms. The Hall–Kier alpha value is -1.69. The number of hydrogen-bond acceptors (Lipinski definition) is 4. The highest BCUT2D eigenvalue weighted by Crippen LogP contribution is 1.95. The molecular weight excluding hydrogens is 200 g/mol. The maximum atomic E-state index is 11.1. The number of hydrogen-bond donors (Lipinski definition) is 2. The summed E-state index contributed by atoms with van der Waals surface area (Å²) in [5, 5.41) is 8.55. The Morgan fingerprint density at radius 3 is 3.00 bits per heavy atom. The monoisotopic (exact) mass is 212 g/mol. The number of aromatic nitrogens is 2. The van der Waals surface area contributed by atoms with Crippen LogP contribution in [0.4, 0.5) is 0 Å². The molecule has 0 aliphatic rings. The number of aliphatic carboxylic acids is 1. The molecule has 0 fully saturated rings. The van der Waals surface area contributed by atoms with Gasteiger partial charge in [0.2, 0.25) is 0 Å². The molecule has 1 aromatic rings. The fourth-order valence-electron chi connectivity index (χ4n) is 1.13. The summed E-state index contributed by atoms with van der Waals surface area (Å²) in [6, 6.07) is 1.18. The first-order valence-corrected chi connectivity index (χ1v) is 4.41. The van der Waals surface area contributed by atoms with Crippen LogP contribution in [0.1, 0.15) is 11.5 Å². The molecule has 0 aliphatic carbocycles. The van der Waals surface area contributed by atoms with Gasteiger partial charge < -0.3 is 14.8 Å². The Labute approximate surface area is 85.9 Å². The van der Waals surface area contributed by atoms with Crippen molar-refractivity contribution in [3.05, 3.63) is 27.9 Å². The topological polar surface area (TPSA) is 92.3 Å². The van der Waals surface area contributed by atoms with Gasteiger partial charge in [0.05, 0.1) is 18.7 Å². The van der Waals surface area contributed by atoms with Crippen LogP contribution in [0.3, 0.4) is 0 Å². The largest absolute Gasteiger partial charge is 0.481 e. The lowest BCUT2D eigenvalue weighted by Crippen LogP contribution is -2.16. The van der Waals surface area contributed by atoms with Gasteiger partial charge in [0.25, 0.3) is 5.56 Å². The van der Waals surface area contributed by atoms with Crippen LogP contribution < -0.4 is 5.56 Å². The lowest BCUT2D eigenvalue weighted by molar-refractivity contribution is -0.136. The second-order valence-corrected chi connectivity index (χ2v) is 3.00. The third-order valence-electron chi connectivity index (χ3n) is 1.72. The predicted molar refractivity (Wildman–Crippen MR) is 51.8 cm³/mol. The van der Waals surface area contributed by atoms with Gasteiger partial charge in [-0.25, -0.2) is 4.98 Å². The maximum absolute atomic E-state index is 11.1. The summed E-state index contributed by atoms with van der Waals surface area (Å²) >= 11 is 0. The van der Waals surface area contributed by atoms with Crippen molar-refractivity contribution in [3.63, 3.8) is 0 Å². The zero-order valence-corrected chi connectivity index (χ0v) is 8.32. The fourth-order valence-corrected chi connectivity index (χ4v) is 1.13. The number of methoxy groups -OCH3 is 1. The Kier molecular flexibility index (Phi) is 3.99. The third-order valence-corrected chi connectivity index (χ3v) is 1.72. The third kappa shape index (κ3) is 3.90. The molecule has 0 bridgehead atoms. The smallest absolute Gasteiger partial charge is 0.309 e. The van der Waals surface area contributed by atoms with Crippen molar-refractivity contribution in [3.8, 4) is 0 Å². The molecule has 1 aromatic heterocycles. The van der Waals surface area contributed by atoms with Crippen LogP contribution in [0.5, 0.6) is 0 Å². The van der Waals surface area contributed by atoms with Crippen LogP contribution in [-0.4, -0.2) is 34.8 Å². The van der Waals surface area contributed by atoms with Crippen LogP contribution in [0.15, 0.2) is 10.9 Å². The quantitative estimate of drug-likeness (QED) is 0.692. The van der Waals surface area contributed by atoms with Gasteiger partial charge in [0.15, 0.2) is 0 Å². The molecule has 6 heteroatoms. The van der Waals surface area contributed by atoms with Crippen LogP contribution in [0.2, 0.25) is 0 Å². The van der Waals surface area contributed by atoms with E-state index < -0.39 is 5.97 Å². The highest BCUT2D eigenvalue weighted by molar-refractivity contribution is 5.69. The average molecular weight is 212 g/mol. The van der Waals surface area contributed by atoms with E-state index in [-0.39, 0.29) is 17.7 Å². The van der Waals surface area contributed by atoms with E-state index in [1.165, 1.54) is 6.07 Å². The van der Waals surface area contributed by atoms with E-state index in [1.54, 1.807) is 7.11 Å². The first-order chi connectivity index (χ1) is 7.11. The summed E-state index contributed by atoms with van der Waals surface area (Å²) in [7, 11) is 1.54. The molecule has 6 nitrogen and oxygen atoms in total. The summed E-state index contributed by atoms with van der Waals surface area (Å²) in [5.41, 5.74) is -0.0790. The number of nitrogens with zero attached hydrogens (tertiary/aromatic N) is 1. The van der Waals surface area contributed by atoms with Gasteiger partial charge >= 0.3 is 5.97 Å². The second kappa shape index (κ2) is 5.26. The SMILES string of the molecule is COCCc1nc(CC(=O)O)cc(=O)[nH]1. The summed E-state index contributed by atoms with van der Waals surface area (Å²) < 4.78 is 4.83. The van der Waals surface area contributed by atoms with Gasteiger partial charge in [-0.15, -0.1) is 0 Å². The zero-order valence-electron chi connectivity index (χ0n) is 8.32. The van der Waals surface area contributed by atoms with E-state index >= 15 is 0 Å². The molecule has 0 aliphatic heterocycles. The van der Waals surface area contributed by atoms with E-state index in [9.17, 15) is 9.59 Å². The van der Waals surface area contributed by atoms with E-state index in [1.807, 2.05) is 0 Å². The predicted octanol–water partition coefficient (Wildman–Crippen LogP) is -0.414. The summed E-state index contributed by atoms with van der Waals surface area (Å²) in [6.07, 6.45) is 0.211. The normalized spacial score (nSPS) is 10.2. The van der Waals surface area contributed by atoms with E-state index in [0.717, 1.165) is 0 Å². The van der Waals surface area contributed by atoms with E-state index in [4.69, 9.17) is 9.84 Å². The van der Waals surface area contributed by atoms with Crippen molar-refractivity contribution in [1.82, 2.24) is 9.97 Å². The molecule has 0 amide bonds. The van der Waals surface area contributed by atoms with Gasteiger partial charge in [0.1, 0.15) is 5.82 Å². The van der Waals surface area contributed by atoms with Crippen molar-refractivity contribution in [2.75, 3.05) is 13.7 Å². The van der Waals surface area contributed by atoms with Gasteiger partial charge in [0, 0.05) is 19.6 Å². The molecule has 0 spiro atoms. The van der Waals surface area contributed by atoms with Crippen molar-refractivity contribution in [2.45, 2.75) is 12.8 Å². The molecule has 0 radical (unpaired) electrons. The number of carbonyl (C=O) groups is 1. The minimum absolute atomic E-state index is 0.246. The summed E-state index contributed by atoms with van der Waals surface area (Å²) in [5.74, 6) is -0.564. The molecule has 1 heterocycles. The van der Waals surface area contributed by atoms with Gasteiger partial charge in [-0.05, 0) is 0 Å². The molecule has 0 aromatic carbocycles. The molecule has 2 N–H and O–H groups in total. The molecule has 0 unspecified atom stereocenters. The molecular formula is C9H12N2O4. The first-order valence-electron chi connectivity index (χ1n) is 4.41. The Morgan fingerprint density at radius 2 is 2.40 bits per heavy atom. The average Bonchev–Trinajstić information content (AvgIpc) is 2.12. The highest BCUT2D eigenvalue weighted by atomic mass is 16.5. The number of aromatic amines is 1. The first kappa shape index (κ1) is 11.4. The number of H-pyrrole nitrogens is 1. The molecule has 82 valence electrons. The van der Waals surface area contributed by atoms with Crippen molar-refractivity contribution in [2.24, 2.45) is 0 Å². The minimum Gasteiger partial charge on any atom is -0.481 e. The summed E-state index contributed by atoms with van der Waals surface area (Å²) in [4.78, 5) is 28.1. The lowest BCUT2D eigenvalue weighted by Gasteiger charge is -2.01. The standard InChI is InChI=1S/C9H12N2O4/c1-15-3-2-7-10-6(5-9(13)14)4-8(12)11-7/h4H,2-3,5H2,1H3,(H,13,14)(H,10,11,12). The number of rotatable bonds is 5. The number of carboxylic acids is 1. The Bertz CT molecular complexity index is 399. The van der Waals surface area contributed by atoms with E-state index in [2.05, 4.69) is 9.97 Å². The highest BCUT2D eigenvalue weighted by Gasteiger charge is 2.05. The Morgan fingerprint density at radius 1 is 1.67 bits per heavy atom. The van der Waals surface area contributed by atoms with Crippen LogP contribution >= 0.6 is 0 Å². The van der Waals surface area contributed by atoms with Crippen LogP contribution in [0.25, 0.3) is 0 Å². The number of carboxylic acid groups (broad SMARTS) is 1. The number of ether oxygens (including phenoxy) is 1. The van der Waals surface area contributed by atoms with Crippen LogP contribution in [0, 0.1) is 0 Å². The van der Waals surface area contributed by atoms with Crippen molar-refractivity contribution < 1.29 is 14.6 Å². The zero-order chi connectivity index (χ0) is 11.3. The van der Waals surface area contributed by atoms with Crippen molar-refractivity contribution >= 4 is 5.97 Å². The fraction of sp³-hybridized carbons (Fsp3) is 0.444. The number of nitrogens with one attached hydrogen (secondary N) is 1. The Balaban J connectivity index is 2.84. The lowest BCUT2D eigenvalue weighted by atomic mass is 10.3. The minimum atomic E-state index is -1.01. The van der Waals surface area contributed by atoms with Gasteiger partial charge in [-0.1, -0.05) is 0 Å². The molecule has 1 rings (SSSR count). The molecule has 0 saturated heterocycles. The second-order valence-electron chi connectivity index (χ2n) is 3.00. The molecule has 0 saturated carbocycles.